The lowest BCUT2D eigenvalue weighted by Crippen LogP contribution is -2.34. The third kappa shape index (κ3) is 2.14. The number of methoxy groups -OCH3 is 1. The van der Waals surface area contributed by atoms with E-state index < -0.39 is 6.10 Å². The van der Waals surface area contributed by atoms with Crippen LogP contribution >= 0.6 is 0 Å². The zero-order valence-corrected chi connectivity index (χ0v) is 11.8. The minimum Gasteiger partial charge on any atom is -0.496 e. The first-order valence-electron chi connectivity index (χ1n) is 6.80. The van der Waals surface area contributed by atoms with Gasteiger partial charge in [0, 0.05) is 36.7 Å². The summed E-state index contributed by atoms with van der Waals surface area (Å²) < 4.78 is 7.55. The molecule has 2 heterocycles. The fourth-order valence-electron chi connectivity index (χ4n) is 2.79. The number of hydrogen-bond donors (Lipinski definition) is 1. The van der Waals surface area contributed by atoms with Crippen molar-refractivity contribution in [3.63, 3.8) is 0 Å². The second-order valence-electron chi connectivity index (χ2n) is 5.03. The van der Waals surface area contributed by atoms with Crippen LogP contribution in [0.3, 0.4) is 0 Å². The van der Waals surface area contributed by atoms with E-state index in [-0.39, 0.29) is 0 Å². The number of aliphatic hydroxyl groups excluding tert-OH is 1. The molecule has 106 valence electrons. The molecule has 0 spiro atoms. The van der Waals surface area contributed by atoms with Gasteiger partial charge in [-0.2, -0.15) is 0 Å². The standard InChI is InChI=1S/C15H19N3O2/c1-11(19)15-12(4-3-5-13(15)20-2)18-9-8-17-7-6-16-14(17)10-18/h3-7,11,19H,8-10H2,1-2H3/t11-/m1/s1. The Hall–Kier alpha value is -2.01. The normalized spacial score (nSPS) is 15.8. The van der Waals surface area contributed by atoms with Crippen molar-refractivity contribution in [1.29, 1.82) is 0 Å². The Bertz CT molecular complexity index is 607. The van der Waals surface area contributed by atoms with Gasteiger partial charge in [-0.3, -0.25) is 0 Å². The van der Waals surface area contributed by atoms with Gasteiger partial charge in [0.15, 0.2) is 0 Å². The Morgan fingerprint density at radius 2 is 2.20 bits per heavy atom. The highest BCUT2D eigenvalue weighted by molar-refractivity contribution is 5.60. The van der Waals surface area contributed by atoms with Gasteiger partial charge in [-0.25, -0.2) is 4.98 Å². The van der Waals surface area contributed by atoms with E-state index in [4.69, 9.17) is 4.74 Å². The molecule has 0 bridgehead atoms. The SMILES string of the molecule is COc1cccc(N2CCn3ccnc3C2)c1[C@@H](C)O. The van der Waals surface area contributed by atoms with Crippen molar-refractivity contribution in [1.82, 2.24) is 9.55 Å². The maximum Gasteiger partial charge on any atom is 0.128 e. The quantitative estimate of drug-likeness (QED) is 0.929. The number of imidazole rings is 1. The molecule has 0 unspecified atom stereocenters. The van der Waals surface area contributed by atoms with Crippen LogP contribution in [-0.2, 0) is 13.1 Å². The van der Waals surface area contributed by atoms with Crippen LogP contribution in [0.2, 0.25) is 0 Å². The van der Waals surface area contributed by atoms with Crippen LogP contribution in [0, 0.1) is 0 Å². The molecule has 1 atom stereocenters. The molecule has 0 saturated carbocycles. The van der Waals surface area contributed by atoms with Crippen molar-refractivity contribution < 1.29 is 9.84 Å². The average molecular weight is 273 g/mol. The summed E-state index contributed by atoms with van der Waals surface area (Å²) in [5.41, 5.74) is 1.86. The third-order valence-corrected chi connectivity index (χ3v) is 3.77. The Morgan fingerprint density at radius 1 is 1.35 bits per heavy atom. The molecule has 0 aliphatic carbocycles. The maximum atomic E-state index is 10.1. The lowest BCUT2D eigenvalue weighted by atomic mass is 10.1. The van der Waals surface area contributed by atoms with Crippen molar-refractivity contribution in [3.8, 4) is 5.75 Å². The summed E-state index contributed by atoms with van der Waals surface area (Å²) >= 11 is 0. The van der Waals surface area contributed by atoms with Gasteiger partial charge in [0.2, 0.25) is 0 Å². The summed E-state index contributed by atoms with van der Waals surface area (Å²) in [6, 6.07) is 5.88. The molecule has 3 rings (SSSR count). The molecule has 0 saturated heterocycles. The number of fused-ring (bicyclic) bond motifs is 1. The number of nitrogens with zero attached hydrogens (tertiary/aromatic N) is 3. The van der Waals surface area contributed by atoms with Gasteiger partial charge in [-0.05, 0) is 19.1 Å². The van der Waals surface area contributed by atoms with Crippen molar-refractivity contribution in [2.24, 2.45) is 0 Å². The topological polar surface area (TPSA) is 50.5 Å². The Morgan fingerprint density at radius 3 is 2.95 bits per heavy atom. The van der Waals surface area contributed by atoms with Crippen LogP contribution in [0.4, 0.5) is 5.69 Å². The second kappa shape index (κ2) is 5.17. The third-order valence-electron chi connectivity index (χ3n) is 3.77. The Kier molecular flexibility index (Phi) is 3.36. The number of anilines is 1. The number of aromatic nitrogens is 2. The van der Waals surface area contributed by atoms with E-state index in [9.17, 15) is 5.11 Å². The molecule has 5 nitrogen and oxygen atoms in total. The van der Waals surface area contributed by atoms with Gasteiger partial charge < -0.3 is 19.3 Å². The van der Waals surface area contributed by atoms with Gasteiger partial charge in [0.1, 0.15) is 11.6 Å². The molecule has 0 amide bonds. The lowest BCUT2D eigenvalue weighted by Gasteiger charge is -2.32. The number of ether oxygens (including phenoxy) is 1. The van der Waals surface area contributed by atoms with E-state index in [1.165, 1.54) is 0 Å². The first-order valence-corrected chi connectivity index (χ1v) is 6.80. The molecule has 20 heavy (non-hydrogen) atoms. The van der Waals surface area contributed by atoms with Crippen molar-refractivity contribution in [2.75, 3.05) is 18.6 Å². The first-order chi connectivity index (χ1) is 9.70. The summed E-state index contributed by atoms with van der Waals surface area (Å²) in [7, 11) is 1.63. The number of hydrogen-bond acceptors (Lipinski definition) is 4. The Labute approximate surface area is 118 Å². The molecule has 1 aliphatic heterocycles. The molecular weight excluding hydrogens is 254 g/mol. The van der Waals surface area contributed by atoms with E-state index in [2.05, 4.69) is 14.5 Å². The molecule has 1 N–H and O–H groups in total. The molecule has 1 aromatic heterocycles. The van der Waals surface area contributed by atoms with Gasteiger partial charge in [0.05, 0.1) is 19.8 Å². The number of benzene rings is 1. The Balaban J connectivity index is 1.99. The highest BCUT2D eigenvalue weighted by Crippen LogP contribution is 2.35. The van der Waals surface area contributed by atoms with E-state index in [1.807, 2.05) is 30.6 Å². The molecular formula is C15H19N3O2. The highest BCUT2D eigenvalue weighted by atomic mass is 16.5. The predicted molar refractivity (Wildman–Crippen MR) is 76.9 cm³/mol. The van der Waals surface area contributed by atoms with Crippen LogP contribution in [0.5, 0.6) is 5.75 Å². The highest BCUT2D eigenvalue weighted by Gasteiger charge is 2.22. The number of rotatable bonds is 3. The summed E-state index contributed by atoms with van der Waals surface area (Å²) in [4.78, 5) is 6.62. The van der Waals surface area contributed by atoms with E-state index in [0.29, 0.717) is 0 Å². The van der Waals surface area contributed by atoms with Crippen LogP contribution in [0.25, 0.3) is 0 Å². The van der Waals surface area contributed by atoms with Crippen LogP contribution in [0.1, 0.15) is 24.4 Å². The van der Waals surface area contributed by atoms with E-state index in [0.717, 1.165) is 42.5 Å². The van der Waals surface area contributed by atoms with Crippen LogP contribution < -0.4 is 9.64 Å². The van der Waals surface area contributed by atoms with Gasteiger partial charge in [-0.15, -0.1) is 0 Å². The molecule has 5 heteroatoms. The first kappa shape index (κ1) is 13.0. The van der Waals surface area contributed by atoms with Gasteiger partial charge >= 0.3 is 0 Å². The second-order valence-corrected chi connectivity index (χ2v) is 5.03. The minimum atomic E-state index is -0.567. The fourth-order valence-corrected chi connectivity index (χ4v) is 2.79. The predicted octanol–water partition coefficient (Wildman–Crippen LogP) is 1.97. The zero-order chi connectivity index (χ0) is 14.1. The lowest BCUT2D eigenvalue weighted by molar-refractivity contribution is 0.194. The van der Waals surface area contributed by atoms with Crippen molar-refractivity contribution >= 4 is 5.69 Å². The smallest absolute Gasteiger partial charge is 0.128 e. The van der Waals surface area contributed by atoms with Crippen molar-refractivity contribution in [2.45, 2.75) is 26.1 Å². The molecule has 2 aromatic rings. The largest absolute Gasteiger partial charge is 0.496 e. The monoisotopic (exact) mass is 273 g/mol. The summed E-state index contributed by atoms with van der Waals surface area (Å²) in [5, 5.41) is 10.1. The zero-order valence-electron chi connectivity index (χ0n) is 11.8. The van der Waals surface area contributed by atoms with Crippen LogP contribution in [0.15, 0.2) is 30.6 Å². The summed E-state index contributed by atoms with van der Waals surface area (Å²) in [6.07, 6.45) is 3.27. The number of aliphatic hydroxyl groups is 1. The molecule has 1 aliphatic rings. The van der Waals surface area contributed by atoms with Crippen LogP contribution in [-0.4, -0.2) is 28.3 Å². The fraction of sp³-hybridized carbons (Fsp3) is 0.400. The van der Waals surface area contributed by atoms with E-state index >= 15 is 0 Å². The average Bonchev–Trinajstić information content (AvgIpc) is 2.93. The maximum absolute atomic E-state index is 10.1. The minimum absolute atomic E-state index is 0.567. The summed E-state index contributed by atoms with van der Waals surface area (Å²) in [6.45, 7) is 4.33. The van der Waals surface area contributed by atoms with Crippen molar-refractivity contribution in [3.05, 3.63) is 42.0 Å². The van der Waals surface area contributed by atoms with E-state index in [1.54, 1.807) is 14.0 Å². The van der Waals surface area contributed by atoms with Gasteiger partial charge in [0.25, 0.3) is 0 Å². The molecule has 0 fully saturated rings. The summed E-state index contributed by atoms with van der Waals surface area (Å²) in [5.74, 6) is 1.78. The molecule has 1 aromatic carbocycles. The van der Waals surface area contributed by atoms with Gasteiger partial charge in [-0.1, -0.05) is 6.07 Å². The molecule has 0 radical (unpaired) electrons.